The molecule has 0 aliphatic heterocycles. The zero-order valence-electron chi connectivity index (χ0n) is 12.5. The van der Waals surface area contributed by atoms with Gasteiger partial charge >= 0.3 is 0 Å². The summed E-state index contributed by atoms with van der Waals surface area (Å²) in [6.45, 7) is 3.97. The average Bonchev–Trinajstić information content (AvgIpc) is 2.74. The topological polar surface area (TPSA) is 66.6 Å². The standard InChI is InChI=1S/C16H21N3O2/c1-11-6-7-14-18-13(10-19(14)9-11)8-17-15(20)16(2,21)12-4-3-5-12/h6-7,9-10,12,21H,3-5,8H2,1-2H3,(H,17,20). The predicted molar refractivity (Wildman–Crippen MR) is 79.7 cm³/mol. The van der Waals surface area contributed by atoms with E-state index in [4.69, 9.17) is 0 Å². The molecule has 1 saturated carbocycles. The van der Waals surface area contributed by atoms with E-state index in [-0.39, 0.29) is 11.8 Å². The van der Waals surface area contributed by atoms with Crippen LogP contribution in [0.2, 0.25) is 0 Å². The summed E-state index contributed by atoms with van der Waals surface area (Å²) in [6.07, 6.45) is 6.85. The van der Waals surface area contributed by atoms with Crippen molar-refractivity contribution in [2.75, 3.05) is 0 Å². The number of nitrogens with zero attached hydrogens (tertiary/aromatic N) is 2. The fourth-order valence-corrected chi connectivity index (χ4v) is 2.75. The van der Waals surface area contributed by atoms with Crippen LogP contribution < -0.4 is 5.32 Å². The number of aliphatic hydroxyl groups is 1. The first kappa shape index (κ1) is 14.1. The molecule has 2 aromatic rings. The van der Waals surface area contributed by atoms with Crippen LogP contribution in [-0.4, -0.2) is 26.0 Å². The first-order valence-corrected chi connectivity index (χ1v) is 7.42. The van der Waals surface area contributed by atoms with Gasteiger partial charge in [0.2, 0.25) is 0 Å². The van der Waals surface area contributed by atoms with Crippen LogP contribution >= 0.6 is 0 Å². The fraction of sp³-hybridized carbons (Fsp3) is 0.500. The second-order valence-corrected chi connectivity index (χ2v) is 6.16. The molecule has 21 heavy (non-hydrogen) atoms. The minimum absolute atomic E-state index is 0.0845. The summed E-state index contributed by atoms with van der Waals surface area (Å²) in [5.41, 5.74) is 1.53. The Morgan fingerprint density at radius 3 is 2.90 bits per heavy atom. The number of carbonyl (C=O) groups is 1. The number of aromatic nitrogens is 2. The monoisotopic (exact) mass is 287 g/mol. The van der Waals surface area contributed by atoms with Gasteiger partial charge in [-0.1, -0.05) is 12.5 Å². The normalized spacial score (nSPS) is 18.2. The summed E-state index contributed by atoms with van der Waals surface area (Å²) in [6, 6.07) is 3.96. The molecule has 1 unspecified atom stereocenters. The van der Waals surface area contributed by atoms with E-state index in [0.29, 0.717) is 6.54 Å². The van der Waals surface area contributed by atoms with Crippen LogP contribution in [0, 0.1) is 12.8 Å². The van der Waals surface area contributed by atoms with Crippen molar-refractivity contribution < 1.29 is 9.90 Å². The molecule has 0 saturated heterocycles. The molecule has 1 aliphatic rings. The first-order valence-electron chi connectivity index (χ1n) is 7.42. The summed E-state index contributed by atoms with van der Waals surface area (Å²) < 4.78 is 1.95. The number of imidazole rings is 1. The summed E-state index contributed by atoms with van der Waals surface area (Å²) in [5.74, 6) is -0.221. The van der Waals surface area contributed by atoms with Crippen molar-refractivity contribution in [2.45, 2.75) is 45.3 Å². The van der Waals surface area contributed by atoms with Crippen LogP contribution in [-0.2, 0) is 11.3 Å². The Labute approximate surface area is 124 Å². The molecule has 3 rings (SSSR count). The highest BCUT2D eigenvalue weighted by molar-refractivity contribution is 5.84. The molecule has 0 spiro atoms. The van der Waals surface area contributed by atoms with Gasteiger partial charge in [-0.2, -0.15) is 0 Å². The minimum Gasteiger partial charge on any atom is -0.380 e. The van der Waals surface area contributed by atoms with Gasteiger partial charge in [-0.15, -0.1) is 0 Å². The first-order chi connectivity index (χ1) is 9.96. The van der Waals surface area contributed by atoms with Gasteiger partial charge in [-0.25, -0.2) is 4.98 Å². The molecule has 1 fully saturated rings. The predicted octanol–water partition coefficient (Wildman–Crippen LogP) is 1.81. The highest BCUT2D eigenvalue weighted by Gasteiger charge is 2.42. The molecule has 5 heteroatoms. The number of aryl methyl sites for hydroxylation is 1. The van der Waals surface area contributed by atoms with Gasteiger partial charge in [-0.3, -0.25) is 4.79 Å². The van der Waals surface area contributed by atoms with Gasteiger partial charge in [0.15, 0.2) is 0 Å². The summed E-state index contributed by atoms with van der Waals surface area (Å²) in [4.78, 5) is 16.6. The van der Waals surface area contributed by atoms with Gasteiger partial charge in [0, 0.05) is 12.4 Å². The molecule has 1 amide bonds. The van der Waals surface area contributed by atoms with Crippen molar-refractivity contribution in [2.24, 2.45) is 5.92 Å². The van der Waals surface area contributed by atoms with Crippen molar-refractivity contribution in [3.63, 3.8) is 0 Å². The molecule has 2 heterocycles. The van der Waals surface area contributed by atoms with Crippen molar-refractivity contribution in [3.8, 4) is 0 Å². The molecular formula is C16H21N3O2. The van der Waals surface area contributed by atoms with Gasteiger partial charge in [-0.05, 0) is 44.2 Å². The molecule has 1 aliphatic carbocycles. The molecule has 112 valence electrons. The van der Waals surface area contributed by atoms with Crippen LogP contribution in [0.5, 0.6) is 0 Å². The van der Waals surface area contributed by atoms with Gasteiger partial charge in [0.05, 0.1) is 12.2 Å². The van der Waals surface area contributed by atoms with Crippen LogP contribution in [0.1, 0.15) is 37.4 Å². The number of pyridine rings is 1. The van der Waals surface area contributed by atoms with E-state index in [0.717, 1.165) is 36.2 Å². The quantitative estimate of drug-likeness (QED) is 0.901. The molecule has 0 aromatic carbocycles. The number of hydrogen-bond acceptors (Lipinski definition) is 3. The molecule has 5 nitrogen and oxygen atoms in total. The largest absolute Gasteiger partial charge is 0.380 e. The highest BCUT2D eigenvalue weighted by atomic mass is 16.3. The number of nitrogens with one attached hydrogen (secondary N) is 1. The van der Waals surface area contributed by atoms with E-state index in [1.54, 1.807) is 6.92 Å². The Hall–Kier alpha value is -1.88. The molecule has 1 atom stereocenters. The SMILES string of the molecule is Cc1ccc2nc(CNC(=O)C(C)(O)C3CCC3)cn2c1. The third-order valence-electron chi connectivity index (χ3n) is 4.44. The lowest BCUT2D eigenvalue weighted by atomic mass is 9.73. The second kappa shape index (κ2) is 5.15. The maximum atomic E-state index is 12.1. The third kappa shape index (κ3) is 2.65. The van der Waals surface area contributed by atoms with Crippen molar-refractivity contribution in [1.82, 2.24) is 14.7 Å². The molecular weight excluding hydrogens is 266 g/mol. The fourth-order valence-electron chi connectivity index (χ4n) is 2.75. The van der Waals surface area contributed by atoms with Gasteiger partial charge in [0.1, 0.15) is 11.2 Å². The molecule has 0 bridgehead atoms. The molecule has 0 radical (unpaired) electrons. The van der Waals surface area contributed by atoms with E-state index >= 15 is 0 Å². The number of carbonyl (C=O) groups excluding carboxylic acids is 1. The van der Waals surface area contributed by atoms with Crippen molar-refractivity contribution in [3.05, 3.63) is 35.8 Å². The van der Waals surface area contributed by atoms with Crippen LogP contribution in [0.4, 0.5) is 0 Å². The van der Waals surface area contributed by atoms with Gasteiger partial charge in [0.25, 0.3) is 5.91 Å². The summed E-state index contributed by atoms with van der Waals surface area (Å²) in [7, 11) is 0. The maximum absolute atomic E-state index is 12.1. The number of amides is 1. The maximum Gasteiger partial charge on any atom is 0.252 e. The third-order valence-corrected chi connectivity index (χ3v) is 4.44. The van der Waals surface area contributed by atoms with E-state index < -0.39 is 5.60 Å². The Bertz CT molecular complexity index is 671. The lowest BCUT2D eigenvalue weighted by Gasteiger charge is -2.37. The van der Waals surface area contributed by atoms with E-state index in [1.807, 2.05) is 35.9 Å². The number of rotatable bonds is 4. The van der Waals surface area contributed by atoms with Gasteiger partial charge < -0.3 is 14.8 Å². The molecule has 2 N–H and O–H groups in total. The highest BCUT2D eigenvalue weighted by Crippen LogP contribution is 2.36. The summed E-state index contributed by atoms with van der Waals surface area (Å²) >= 11 is 0. The van der Waals surface area contributed by atoms with Crippen LogP contribution in [0.3, 0.4) is 0 Å². The Morgan fingerprint density at radius 1 is 1.48 bits per heavy atom. The summed E-state index contributed by atoms with van der Waals surface area (Å²) in [5, 5.41) is 13.1. The van der Waals surface area contributed by atoms with Crippen LogP contribution in [0.15, 0.2) is 24.5 Å². The second-order valence-electron chi connectivity index (χ2n) is 6.16. The Kier molecular flexibility index (Phi) is 3.45. The lowest BCUT2D eigenvalue weighted by molar-refractivity contribution is -0.147. The van der Waals surface area contributed by atoms with E-state index in [1.165, 1.54) is 0 Å². The Balaban J connectivity index is 1.67. The van der Waals surface area contributed by atoms with Crippen molar-refractivity contribution in [1.29, 1.82) is 0 Å². The minimum atomic E-state index is -1.27. The number of fused-ring (bicyclic) bond motifs is 1. The van der Waals surface area contributed by atoms with E-state index in [2.05, 4.69) is 10.3 Å². The zero-order valence-corrected chi connectivity index (χ0v) is 12.5. The average molecular weight is 287 g/mol. The molecule has 2 aromatic heterocycles. The Morgan fingerprint density at radius 2 is 2.24 bits per heavy atom. The zero-order chi connectivity index (χ0) is 15.0. The lowest BCUT2D eigenvalue weighted by Crippen LogP contribution is -2.51. The smallest absolute Gasteiger partial charge is 0.252 e. The van der Waals surface area contributed by atoms with Crippen LogP contribution in [0.25, 0.3) is 5.65 Å². The number of hydrogen-bond donors (Lipinski definition) is 2. The van der Waals surface area contributed by atoms with E-state index in [9.17, 15) is 9.90 Å². The van der Waals surface area contributed by atoms with Crippen molar-refractivity contribution >= 4 is 11.6 Å².